The summed E-state index contributed by atoms with van der Waals surface area (Å²) in [5, 5.41) is 5.36. The van der Waals surface area contributed by atoms with Crippen molar-refractivity contribution in [1.29, 1.82) is 0 Å². The van der Waals surface area contributed by atoms with Crippen LogP contribution in [-0.4, -0.2) is 20.9 Å². The van der Waals surface area contributed by atoms with Crippen LogP contribution in [0.2, 0.25) is 0 Å². The average molecular weight is 471 g/mol. The van der Waals surface area contributed by atoms with Crippen LogP contribution in [-0.2, 0) is 0 Å². The van der Waals surface area contributed by atoms with E-state index in [4.69, 9.17) is 1.37 Å². The molecule has 4 aliphatic rings. The molecule has 0 spiro atoms. The molecule has 6 heteroatoms. The Morgan fingerprint density at radius 3 is 2.35 bits per heavy atom. The second-order valence-electron chi connectivity index (χ2n) is 6.34. The van der Waals surface area contributed by atoms with Crippen LogP contribution in [0.1, 0.15) is 7.77 Å². The van der Waals surface area contributed by atoms with Crippen molar-refractivity contribution in [2.45, 2.75) is 10.8 Å². The van der Waals surface area contributed by atoms with Gasteiger partial charge in [-0.05, 0) is 60.7 Å². The van der Waals surface area contributed by atoms with Crippen molar-refractivity contribution in [3.8, 4) is 0 Å². The second-order valence-corrected chi connectivity index (χ2v) is 8.50. The smallest absolute Gasteiger partial charge is 0.119 e. The predicted molar refractivity (Wildman–Crippen MR) is 114 cm³/mol. The van der Waals surface area contributed by atoms with Gasteiger partial charge in [-0.2, -0.15) is 0 Å². The molecule has 0 aromatic carbocycles. The normalized spacial score (nSPS) is 35.9. The number of nitrogens with one attached hydrogen (secondary N) is 2. The summed E-state index contributed by atoms with van der Waals surface area (Å²) >= 11 is 7.27. The van der Waals surface area contributed by atoms with Crippen LogP contribution in [0.3, 0.4) is 0 Å². The highest BCUT2D eigenvalue weighted by atomic mass is 79.9. The molecular formula is C20H14Br2N4. The summed E-state index contributed by atoms with van der Waals surface area (Å²) in [5.41, 5.74) is 4.22. The van der Waals surface area contributed by atoms with Crippen molar-refractivity contribution in [2.24, 2.45) is 9.98 Å². The minimum atomic E-state index is -0.742. The van der Waals surface area contributed by atoms with Gasteiger partial charge in [-0.25, -0.2) is 9.98 Å². The molecule has 1 aromatic rings. The van der Waals surface area contributed by atoms with Gasteiger partial charge in [-0.1, -0.05) is 31.9 Å². The minimum Gasteiger partial charge on any atom is -0.366 e. The van der Waals surface area contributed by atoms with Crippen molar-refractivity contribution in [1.82, 2.24) is 10.3 Å². The van der Waals surface area contributed by atoms with E-state index in [-0.39, 0.29) is 0 Å². The second kappa shape index (κ2) is 5.93. The fraction of sp³-hybridized carbons (Fsp3) is 0.100. The Balaban J connectivity index is 1.71. The molecule has 0 fully saturated rings. The van der Waals surface area contributed by atoms with Gasteiger partial charge in [0.05, 0.1) is 22.8 Å². The van der Waals surface area contributed by atoms with Crippen LogP contribution in [0, 0.1) is 0 Å². The van der Waals surface area contributed by atoms with Gasteiger partial charge in [0, 0.05) is 28.6 Å². The lowest BCUT2D eigenvalue weighted by molar-refractivity contribution is 0.691. The summed E-state index contributed by atoms with van der Waals surface area (Å²) in [6, 6.07) is 4.05. The first-order valence-corrected chi connectivity index (χ1v) is 9.73. The number of halogens is 2. The molecule has 4 nitrogen and oxygen atoms in total. The van der Waals surface area contributed by atoms with Crippen molar-refractivity contribution < 1.29 is 1.37 Å². The van der Waals surface area contributed by atoms with Crippen molar-refractivity contribution in [2.75, 3.05) is 0 Å². The van der Waals surface area contributed by atoms with E-state index in [1.54, 1.807) is 0 Å². The highest BCUT2D eigenvalue weighted by molar-refractivity contribution is 9.12. The quantitative estimate of drug-likeness (QED) is 0.444. The van der Waals surface area contributed by atoms with Gasteiger partial charge < -0.3 is 10.3 Å². The van der Waals surface area contributed by atoms with E-state index in [0.29, 0.717) is 0 Å². The molecular weight excluding hydrogens is 456 g/mol. The molecule has 2 N–H and O–H groups in total. The van der Waals surface area contributed by atoms with Gasteiger partial charge in [0.25, 0.3) is 0 Å². The van der Waals surface area contributed by atoms with Gasteiger partial charge in [0.2, 0.25) is 0 Å². The number of hydrogen-bond donors (Lipinski definition) is 2. The maximum absolute atomic E-state index is 8.59. The first-order chi connectivity index (χ1) is 13.0. The molecule has 1 aromatic heterocycles. The molecule has 4 aliphatic heterocycles. The molecule has 2 atom stereocenters. The van der Waals surface area contributed by atoms with E-state index in [1.807, 2.05) is 60.7 Å². The van der Waals surface area contributed by atoms with Crippen LogP contribution < -0.4 is 16.0 Å². The lowest BCUT2D eigenvalue weighted by Gasteiger charge is -2.19. The molecule has 128 valence electrons. The highest BCUT2D eigenvalue weighted by Gasteiger charge is 2.33. The lowest BCUT2D eigenvalue weighted by atomic mass is 10.2. The predicted octanol–water partition coefficient (Wildman–Crippen LogP) is 3.07. The molecule has 0 aliphatic carbocycles. The summed E-state index contributed by atoms with van der Waals surface area (Å²) < 4.78 is 8.63. The van der Waals surface area contributed by atoms with Crippen LogP contribution in [0.4, 0.5) is 0 Å². The van der Waals surface area contributed by atoms with E-state index >= 15 is 0 Å². The van der Waals surface area contributed by atoms with Gasteiger partial charge >= 0.3 is 0 Å². The standard InChI is InChI=1S/C20H14Br2N4/c21-18-11-20(22)10-17-6-5-15(25-17)8-13-2-1-12(23-13)7-14-3-4-16(24-14)9-19(18)26-20/h1-10,23,26H,11H2/b12-7-,13-8-,16-9-,17-10-/i11D. The molecule has 8 bridgehead atoms. The maximum Gasteiger partial charge on any atom is 0.119 e. The summed E-state index contributed by atoms with van der Waals surface area (Å²) in [5.74, 6) is 0. The van der Waals surface area contributed by atoms with Crippen molar-refractivity contribution >= 4 is 55.4 Å². The Morgan fingerprint density at radius 2 is 1.62 bits per heavy atom. The van der Waals surface area contributed by atoms with Crippen molar-refractivity contribution in [3.05, 3.63) is 80.9 Å². The molecule has 5 rings (SSSR count). The molecule has 0 saturated heterocycles. The summed E-state index contributed by atoms with van der Waals surface area (Å²) in [4.78, 5) is 12.7. The maximum atomic E-state index is 8.59. The number of alkyl halides is 1. The lowest BCUT2D eigenvalue weighted by Crippen LogP contribution is -2.31. The average Bonchev–Trinajstić information content (AvgIpc) is 3.38. The fourth-order valence-corrected chi connectivity index (χ4v) is 4.70. The highest BCUT2D eigenvalue weighted by Crippen LogP contribution is 2.39. The third-order valence-corrected chi connectivity index (χ3v) is 5.59. The minimum absolute atomic E-state index is 0.546. The zero-order chi connectivity index (χ0) is 18.6. The number of aromatic nitrogens is 1. The molecule has 0 amide bonds. The largest absolute Gasteiger partial charge is 0.366 e. The zero-order valence-electron chi connectivity index (χ0n) is 14.5. The number of H-pyrrole nitrogens is 1. The third kappa shape index (κ3) is 3.04. The molecule has 2 unspecified atom stereocenters. The SMILES string of the molecule is [2H]C1C(Br)=C2/C=C3/C=CC(=N3)/C=c3/cc/c([nH]3)=C/C3=NC(=C\C1(Br)N2)/C=C3. The molecule has 0 radical (unpaired) electrons. The summed E-state index contributed by atoms with van der Waals surface area (Å²) in [6.07, 6.45) is 15.2. The Kier molecular flexibility index (Phi) is 3.40. The monoisotopic (exact) mass is 469 g/mol. The number of aliphatic imine (C=N–C) groups is 2. The number of fused-ring (bicyclic) bond motifs is 6. The van der Waals surface area contributed by atoms with E-state index < -0.39 is 10.8 Å². The number of allylic oxidation sites excluding steroid dienone is 5. The number of nitrogens with zero attached hydrogens (tertiary/aromatic N) is 2. The van der Waals surface area contributed by atoms with Crippen LogP contribution in [0.5, 0.6) is 0 Å². The van der Waals surface area contributed by atoms with E-state index in [2.05, 4.69) is 52.1 Å². The Hall–Kier alpha value is -2.18. The Labute approximate surface area is 168 Å². The molecule has 5 heterocycles. The number of hydrogen-bond acceptors (Lipinski definition) is 3. The first kappa shape index (κ1) is 14.9. The van der Waals surface area contributed by atoms with Gasteiger partial charge in [0.1, 0.15) is 4.45 Å². The van der Waals surface area contributed by atoms with E-state index in [1.165, 1.54) is 0 Å². The third-order valence-electron chi connectivity index (χ3n) is 4.27. The van der Waals surface area contributed by atoms with Gasteiger partial charge in [0.15, 0.2) is 0 Å². The van der Waals surface area contributed by atoms with E-state index in [9.17, 15) is 0 Å². The topological polar surface area (TPSA) is 52.5 Å². The summed E-state index contributed by atoms with van der Waals surface area (Å²) in [6.45, 7) is 0. The van der Waals surface area contributed by atoms with Crippen LogP contribution >= 0.6 is 31.9 Å². The Morgan fingerprint density at radius 1 is 0.962 bits per heavy atom. The van der Waals surface area contributed by atoms with Crippen molar-refractivity contribution in [3.63, 3.8) is 0 Å². The van der Waals surface area contributed by atoms with Gasteiger partial charge in [-0.15, -0.1) is 0 Å². The number of aromatic amines is 1. The van der Waals surface area contributed by atoms with Crippen LogP contribution in [0.15, 0.2) is 80.1 Å². The first-order valence-electron chi connectivity index (χ1n) is 8.72. The number of rotatable bonds is 0. The van der Waals surface area contributed by atoms with Gasteiger partial charge in [-0.3, -0.25) is 0 Å². The molecule has 26 heavy (non-hydrogen) atoms. The fourth-order valence-electron chi connectivity index (χ4n) is 3.14. The molecule has 0 saturated carbocycles. The Bertz CT molecular complexity index is 1190. The summed E-state index contributed by atoms with van der Waals surface area (Å²) in [7, 11) is 0. The zero-order valence-corrected chi connectivity index (χ0v) is 16.7. The van der Waals surface area contributed by atoms with Crippen LogP contribution in [0.25, 0.3) is 12.2 Å². The van der Waals surface area contributed by atoms with E-state index in [0.717, 1.165) is 43.7 Å².